The zero-order valence-corrected chi connectivity index (χ0v) is 11.6. The molecule has 0 atom stereocenters. The lowest BCUT2D eigenvalue weighted by molar-refractivity contribution is -0.107. The standard InChI is InChI=1S/C16H15NO4/c1-2-21-16(20)13-10-17-14-7-6-11(5-3-4-8-18)9-12(14)15(13)19/h3,5-10H,2,4H2,1H3,(H,17,19). The molecule has 0 aliphatic carbocycles. The van der Waals surface area contributed by atoms with Crippen molar-refractivity contribution >= 4 is 29.2 Å². The van der Waals surface area contributed by atoms with E-state index in [1.165, 1.54) is 6.20 Å². The molecule has 2 aromatic rings. The number of nitrogens with one attached hydrogen (secondary N) is 1. The van der Waals surface area contributed by atoms with Crippen LogP contribution in [0.3, 0.4) is 0 Å². The molecule has 0 aliphatic rings. The number of aldehydes is 1. The van der Waals surface area contributed by atoms with Crippen molar-refractivity contribution < 1.29 is 14.3 Å². The summed E-state index contributed by atoms with van der Waals surface area (Å²) in [6.45, 7) is 1.90. The largest absolute Gasteiger partial charge is 0.462 e. The summed E-state index contributed by atoms with van der Waals surface area (Å²) in [7, 11) is 0. The van der Waals surface area contributed by atoms with Crippen molar-refractivity contribution in [3.05, 3.63) is 51.8 Å². The lowest BCUT2D eigenvalue weighted by atomic mass is 10.1. The lowest BCUT2D eigenvalue weighted by Crippen LogP contribution is -2.18. The van der Waals surface area contributed by atoms with E-state index < -0.39 is 5.97 Å². The number of carbonyl (C=O) groups is 2. The molecule has 1 aromatic heterocycles. The molecule has 0 amide bonds. The van der Waals surface area contributed by atoms with Gasteiger partial charge in [-0.15, -0.1) is 0 Å². The van der Waals surface area contributed by atoms with Crippen LogP contribution in [0, 0.1) is 0 Å². The van der Waals surface area contributed by atoms with Gasteiger partial charge in [-0.25, -0.2) is 4.79 Å². The van der Waals surface area contributed by atoms with E-state index in [0.717, 1.165) is 11.8 Å². The molecule has 5 heteroatoms. The zero-order valence-electron chi connectivity index (χ0n) is 11.6. The third-order valence-corrected chi connectivity index (χ3v) is 2.94. The lowest BCUT2D eigenvalue weighted by Gasteiger charge is -2.04. The summed E-state index contributed by atoms with van der Waals surface area (Å²) in [5.74, 6) is -0.637. The number of esters is 1. The van der Waals surface area contributed by atoms with Crippen LogP contribution >= 0.6 is 0 Å². The Morgan fingerprint density at radius 2 is 2.19 bits per heavy atom. The summed E-state index contributed by atoms with van der Waals surface area (Å²) in [4.78, 5) is 37.2. The first-order valence-corrected chi connectivity index (χ1v) is 6.60. The minimum atomic E-state index is -0.637. The van der Waals surface area contributed by atoms with Gasteiger partial charge in [0.2, 0.25) is 5.43 Å². The molecule has 0 fully saturated rings. The molecule has 1 N–H and O–H groups in total. The van der Waals surface area contributed by atoms with E-state index in [9.17, 15) is 14.4 Å². The van der Waals surface area contributed by atoms with Crippen molar-refractivity contribution in [3.8, 4) is 0 Å². The van der Waals surface area contributed by atoms with Gasteiger partial charge in [0.15, 0.2) is 0 Å². The Morgan fingerprint density at radius 3 is 2.90 bits per heavy atom. The first kappa shape index (κ1) is 14.7. The number of allylic oxidation sites excluding steroid dienone is 1. The summed E-state index contributed by atoms with van der Waals surface area (Å²) in [6, 6.07) is 5.26. The highest BCUT2D eigenvalue weighted by Crippen LogP contribution is 2.13. The van der Waals surface area contributed by atoms with Gasteiger partial charge in [-0.1, -0.05) is 18.2 Å². The molecule has 0 bridgehead atoms. The number of pyridine rings is 1. The van der Waals surface area contributed by atoms with Crippen LogP contribution in [0.1, 0.15) is 29.3 Å². The molecule has 5 nitrogen and oxygen atoms in total. The maximum Gasteiger partial charge on any atom is 0.343 e. The number of rotatable bonds is 5. The quantitative estimate of drug-likeness (QED) is 0.675. The number of ether oxygens (including phenoxy) is 1. The predicted molar refractivity (Wildman–Crippen MR) is 80.2 cm³/mol. The van der Waals surface area contributed by atoms with E-state index in [0.29, 0.717) is 17.3 Å². The van der Waals surface area contributed by atoms with Gasteiger partial charge in [0.1, 0.15) is 11.8 Å². The minimum absolute atomic E-state index is 0.0154. The second-order valence-electron chi connectivity index (χ2n) is 4.36. The fourth-order valence-corrected chi connectivity index (χ4v) is 1.96. The van der Waals surface area contributed by atoms with Crippen molar-refractivity contribution in [3.63, 3.8) is 0 Å². The topological polar surface area (TPSA) is 76.2 Å². The van der Waals surface area contributed by atoms with Gasteiger partial charge in [-0.3, -0.25) is 4.79 Å². The molecule has 108 valence electrons. The number of carbonyl (C=O) groups excluding carboxylic acids is 2. The molecule has 0 saturated carbocycles. The molecule has 0 radical (unpaired) electrons. The van der Waals surface area contributed by atoms with Crippen LogP contribution in [0.15, 0.2) is 35.3 Å². The third-order valence-electron chi connectivity index (χ3n) is 2.94. The molecule has 21 heavy (non-hydrogen) atoms. The van der Waals surface area contributed by atoms with Crippen LogP contribution in [0.25, 0.3) is 17.0 Å². The number of hydrogen-bond donors (Lipinski definition) is 1. The average Bonchev–Trinajstić information content (AvgIpc) is 2.48. The summed E-state index contributed by atoms with van der Waals surface area (Å²) < 4.78 is 4.86. The number of fused-ring (bicyclic) bond motifs is 1. The van der Waals surface area contributed by atoms with Gasteiger partial charge >= 0.3 is 5.97 Å². The number of aromatic nitrogens is 1. The Morgan fingerprint density at radius 1 is 1.38 bits per heavy atom. The number of H-pyrrole nitrogens is 1. The van der Waals surface area contributed by atoms with Gasteiger partial charge in [0.25, 0.3) is 0 Å². The van der Waals surface area contributed by atoms with Crippen LogP contribution in [-0.4, -0.2) is 23.8 Å². The highest BCUT2D eigenvalue weighted by molar-refractivity contribution is 5.93. The minimum Gasteiger partial charge on any atom is -0.462 e. The fourth-order valence-electron chi connectivity index (χ4n) is 1.96. The Balaban J connectivity index is 2.49. The second kappa shape index (κ2) is 6.65. The normalized spacial score (nSPS) is 10.9. The van der Waals surface area contributed by atoms with E-state index in [2.05, 4.69) is 4.98 Å². The van der Waals surface area contributed by atoms with Crippen molar-refractivity contribution in [2.45, 2.75) is 13.3 Å². The Labute approximate surface area is 121 Å². The van der Waals surface area contributed by atoms with Crippen LogP contribution in [0.4, 0.5) is 0 Å². The molecule has 0 saturated heterocycles. The van der Waals surface area contributed by atoms with Crippen molar-refractivity contribution in [1.82, 2.24) is 4.98 Å². The first-order valence-electron chi connectivity index (χ1n) is 6.60. The van der Waals surface area contributed by atoms with Gasteiger partial charge in [-0.2, -0.15) is 0 Å². The van der Waals surface area contributed by atoms with E-state index in [-0.39, 0.29) is 17.6 Å². The summed E-state index contributed by atoms with van der Waals surface area (Å²) in [5, 5.41) is 0.411. The van der Waals surface area contributed by atoms with Gasteiger partial charge in [0.05, 0.1) is 6.61 Å². The van der Waals surface area contributed by atoms with Gasteiger partial charge in [-0.05, 0) is 24.6 Å². The van der Waals surface area contributed by atoms with Crippen LogP contribution < -0.4 is 5.43 Å². The zero-order chi connectivity index (χ0) is 15.2. The smallest absolute Gasteiger partial charge is 0.343 e. The molecular weight excluding hydrogens is 270 g/mol. The summed E-state index contributed by atoms with van der Waals surface area (Å²) in [6.07, 6.45) is 5.94. The average molecular weight is 285 g/mol. The van der Waals surface area contributed by atoms with Crippen LogP contribution in [-0.2, 0) is 9.53 Å². The van der Waals surface area contributed by atoms with Crippen molar-refractivity contribution in [1.29, 1.82) is 0 Å². The highest BCUT2D eigenvalue weighted by atomic mass is 16.5. The van der Waals surface area contributed by atoms with E-state index >= 15 is 0 Å². The molecule has 0 spiro atoms. The Kier molecular flexibility index (Phi) is 4.66. The third kappa shape index (κ3) is 3.25. The fraction of sp³-hybridized carbons (Fsp3) is 0.188. The van der Waals surface area contributed by atoms with E-state index in [1.54, 1.807) is 31.2 Å². The van der Waals surface area contributed by atoms with E-state index in [1.807, 2.05) is 6.07 Å². The number of hydrogen-bond acceptors (Lipinski definition) is 4. The molecule has 1 heterocycles. The SMILES string of the molecule is CCOC(=O)c1c[nH]c2ccc(C=CCC=O)cc2c1=O. The summed E-state index contributed by atoms with van der Waals surface area (Å²) >= 11 is 0. The number of benzene rings is 1. The monoisotopic (exact) mass is 285 g/mol. The molecular formula is C16H15NO4. The van der Waals surface area contributed by atoms with Gasteiger partial charge in [0, 0.05) is 23.5 Å². The van der Waals surface area contributed by atoms with Crippen LogP contribution in [0.2, 0.25) is 0 Å². The molecule has 1 aromatic carbocycles. The van der Waals surface area contributed by atoms with E-state index in [4.69, 9.17) is 4.74 Å². The molecule has 0 unspecified atom stereocenters. The second-order valence-corrected chi connectivity index (χ2v) is 4.36. The molecule has 2 rings (SSSR count). The van der Waals surface area contributed by atoms with Crippen molar-refractivity contribution in [2.75, 3.05) is 6.61 Å². The first-order chi connectivity index (χ1) is 10.2. The Hall–Kier alpha value is -2.69. The summed E-state index contributed by atoms with van der Waals surface area (Å²) in [5.41, 5.74) is 1.04. The molecule has 0 aliphatic heterocycles. The van der Waals surface area contributed by atoms with Gasteiger partial charge < -0.3 is 14.5 Å². The highest BCUT2D eigenvalue weighted by Gasteiger charge is 2.13. The Bertz CT molecular complexity index is 758. The maximum absolute atomic E-state index is 12.3. The maximum atomic E-state index is 12.3. The van der Waals surface area contributed by atoms with Crippen molar-refractivity contribution in [2.24, 2.45) is 0 Å². The predicted octanol–water partition coefficient (Wildman–Crippen LogP) is 2.31. The number of aromatic amines is 1. The van der Waals surface area contributed by atoms with Crippen LogP contribution in [0.5, 0.6) is 0 Å².